The molecular weight excluding hydrogens is 252 g/mol. The molecule has 1 aliphatic heterocycles. The van der Waals surface area contributed by atoms with Gasteiger partial charge in [-0.2, -0.15) is 5.26 Å². The van der Waals surface area contributed by atoms with E-state index < -0.39 is 5.97 Å². The van der Waals surface area contributed by atoms with Gasteiger partial charge in [0.2, 0.25) is 0 Å². The van der Waals surface area contributed by atoms with Crippen LogP contribution in [0.3, 0.4) is 0 Å². The molecule has 104 valence electrons. The maximum Gasteiger partial charge on any atom is 0.337 e. The van der Waals surface area contributed by atoms with Gasteiger partial charge in [0.05, 0.1) is 22.9 Å². The molecule has 2 unspecified atom stereocenters. The molecule has 1 N–H and O–H groups in total. The van der Waals surface area contributed by atoms with Crippen molar-refractivity contribution in [2.24, 2.45) is 11.8 Å². The first-order valence-corrected chi connectivity index (χ1v) is 7.21. The zero-order valence-corrected chi connectivity index (χ0v) is 11.4. The molecule has 1 aromatic rings. The third kappa shape index (κ3) is 2.24. The average molecular weight is 270 g/mol. The Labute approximate surface area is 118 Å². The van der Waals surface area contributed by atoms with Gasteiger partial charge in [-0.05, 0) is 42.9 Å². The standard InChI is InChI=1S/C16H18N2O2/c17-8-11-5-6-15(14(7-11)16(19)20)18-9-12-3-1-2-4-13(12)10-18/h5-7,12-13H,1-4,9-10H2,(H,19,20). The number of nitrogens with zero attached hydrogens (tertiary/aromatic N) is 2. The minimum Gasteiger partial charge on any atom is -0.478 e. The van der Waals surface area contributed by atoms with Gasteiger partial charge < -0.3 is 10.0 Å². The van der Waals surface area contributed by atoms with Gasteiger partial charge >= 0.3 is 5.97 Å². The maximum absolute atomic E-state index is 11.4. The molecule has 0 bridgehead atoms. The van der Waals surface area contributed by atoms with E-state index >= 15 is 0 Å². The Hall–Kier alpha value is -2.02. The molecule has 0 spiro atoms. The Kier molecular flexibility index (Phi) is 3.35. The van der Waals surface area contributed by atoms with Crippen LogP contribution in [0.4, 0.5) is 5.69 Å². The topological polar surface area (TPSA) is 64.3 Å². The number of carbonyl (C=O) groups is 1. The van der Waals surface area contributed by atoms with Gasteiger partial charge in [0.1, 0.15) is 0 Å². The van der Waals surface area contributed by atoms with Crippen molar-refractivity contribution in [3.8, 4) is 6.07 Å². The maximum atomic E-state index is 11.4. The Morgan fingerprint density at radius 3 is 2.45 bits per heavy atom. The van der Waals surface area contributed by atoms with Gasteiger partial charge in [-0.25, -0.2) is 4.79 Å². The second-order valence-corrected chi connectivity index (χ2v) is 5.86. The predicted molar refractivity (Wildman–Crippen MR) is 75.8 cm³/mol. The van der Waals surface area contributed by atoms with Crippen LogP contribution in [0.25, 0.3) is 0 Å². The summed E-state index contributed by atoms with van der Waals surface area (Å²) in [7, 11) is 0. The number of fused-ring (bicyclic) bond motifs is 1. The fourth-order valence-electron chi connectivity index (χ4n) is 3.66. The number of benzene rings is 1. The van der Waals surface area contributed by atoms with Gasteiger partial charge in [0, 0.05) is 13.1 Å². The van der Waals surface area contributed by atoms with Crippen molar-refractivity contribution in [1.29, 1.82) is 5.26 Å². The third-order valence-electron chi connectivity index (χ3n) is 4.67. The number of hydrogen-bond acceptors (Lipinski definition) is 3. The molecule has 2 fully saturated rings. The van der Waals surface area contributed by atoms with Crippen molar-refractivity contribution in [2.75, 3.05) is 18.0 Å². The quantitative estimate of drug-likeness (QED) is 0.897. The lowest BCUT2D eigenvalue weighted by molar-refractivity contribution is 0.0697. The molecule has 0 radical (unpaired) electrons. The van der Waals surface area contributed by atoms with Crippen LogP contribution in [0.5, 0.6) is 0 Å². The molecule has 0 aromatic heterocycles. The number of rotatable bonds is 2. The summed E-state index contributed by atoms with van der Waals surface area (Å²) in [5, 5.41) is 18.3. The first kappa shape index (κ1) is 13.0. The van der Waals surface area contributed by atoms with Gasteiger partial charge in [-0.1, -0.05) is 12.8 Å². The summed E-state index contributed by atoms with van der Waals surface area (Å²) in [6, 6.07) is 7.00. The van der Waals surface area contributed by atoms with Gasteiger partial charge in [0.25, 0.3) is 0 Å². The van der Waals surface area contributed by atoms with Crippen LogP contribution < -0.4 is 4.90 Å². The van der Waals surface area contributed by atoms with E-state index in [-0.39, 0.29) is 5.56 Å². The summed E-state index contributed by atoms with van der Waals surface area (Å²) in [4.78, 5) is 13.6. The zero-order chi connectivity index (χ0) is 14.1. The highest BCUT2D eigenvalue weighted by Gasteiger charge is 2.35. The number of carboxylic acids is 1. The molecule has 1 heterocycles. The van der Waals surface area contributed by atoms with Crippen molar-refractivity contribution in [3.63, 3.8) is 0 Å². The van der Waals surface area contributed by atoms with E-state index in [1.807, 2.05) is 6.07 Å². The number of hydrogen-bond donors (Lipinski definition) is 1. The third-order valence-corrected chi connectivity index (χ3v) is 4.67. The van der Waals surface area contributed by atoms with E-state index in [0.29, 0.717) is 17.4 Å². The zero-order valence-electron chi connectivity index (χ0n) is 11.4. The second-order valence-electron chi connectivity index (χ2n) is 5.86. The molecular formula is C16H18N2O2. The van der Waals surface area contributed by atoms with E-state index in [1.165, 1.54) is 31.7 Å². The lowest BCUT2D eigenvalue weighted by Gasteiger charge is -2.22. The first-order valence-electron chi connectivity index (χ1n) is 7.21. The van der Waals surface area contributed by atoms with E-state index in [1.54, 1.807) is 12.1 Å². The average Bonchev–Trinajstić information content (AvgIpc) is 2.90. The molecule has 1 saturated heterocycles. The number of nitriles is 1. The summed E-state index contributed by atoms with van der Waals surface area (Å²) in [6.45, 7) is 1.91. The van der Waals surface area contributed by atoms with Crippen molar-refractivity contribution >= 4 is 11.7 Å². The molecule has 1 aromatic carbocycles. The second kappa shape index (κ2) is 5.16. The summed E-state index contributed by atoms with van der Waals surface area (Å²) in [5.74, 6) is 0.467. The Morgan fingerprint density at radius 2 is 1.90 bits per heavy atom. The number of aromatic carboxylic acids is 1. The molecule has 20 heavy (non-hydrogen) atoms. The summed E-state index contributed by atoms with van der Waals surface area (Å²) >= 11 is 0. The highest BCUT2D eigenvalue weighted by molar-refractivity contribution is 5.95. The summed E-state index contributed by atoms with van der Waals surface area (Å²) in [6.07, 6.45) is 5.13. The van der Waals surface area contributed by atoms with Crippen molar-refractivity contribution < 1.29 is 9.90 Å². The fraction of sp³-hybridized carbons (Fsp3) is 0.500. The Morgan fingerprint density at radius 1 is 1.25 bits per heavy atom. The smallest absolute Gasteiger partial charge is 0.337 e. The van der Waals surface area contributed by atoms with Gasteiger partial charge in [-0.3, -0.25) is 0 Å². The van der Waals surface area contributed by atoms with Crippen LogP contribution in [0.1, 0.15) is 41.6 Å². The SMILES string of the molecule is N#Cc1ccc(N2CC3CCCCC3C2)c(C(=O)O)c1. The largest absolute Gasteiger partial charge is 0.478 e. The van der Waals surface area contributed by atoms with Crippen molar-refractivity contribution in [3.05, 3.63) is 29.3 Å². The molecule has 4 nitrogen and oxygen atoms in total. The van der Waals surface area contributed by atoms with Crippen LogP contribution in [0.15, 0.2) is 18.2 Å². The van der Waals surface area contributed by atoms with Gasteiger partial charge in [-0.15, -0.1) is 0 Å². The van der Waals surface area contributed by atoms with Crippen molar-refractivity contribution in [1.82, 2.24) is 0 Å². The van der Waals surface area contributed by atoms with Crippen LogP contribution in [-0.2, 0) is 0 Å². The van der Waals surface area contributed by atoms with Crippen LogP contribution in [0.2, 0.25) is 0 Å². The minimum atomic E-state index is -0.952. The molecule has 1 saturated carbocycles. The molecule has 4 heteroatoms. The lowest BCUT2D eigenvalue weighted by atomic mass is 9.82. The van der Waals surface area contributed by atoms with Gasteiger partial charge in [0.15, 0.2) is 0 Å². The van der Waals surface area contributed by atoms with E-state index in [2.05, 4.69) is 4.90 Å². The van der Waals surface area contributed by atoms with Crippen LogP contribution in [-0.4, -0.2) is 24.2 Å². The fourth-order valence-corrected chi connectivity index (χ4v) is 3.66. The van der Waals surface area contributed by atoms with E-state index in [4.69, 9.17) is 5.26 Å². The molecule has 2 atom stereocenters. The number of anilines is 1. The first-order chi connectivity index (χ1) is 9.69. The normalized spacial score (nSPS) is 25.1. The highest BCUT2D eigenvalue weighted by atomic mass is 16.4. The molecule has 2 aliphatic rings. The van der Waals surface area contributed by atoms with Crippen LogP contribution in [0, 0.1) is 23.2 Å². The van der Waals surface area contributed by atoms with E-state index in [9.17, 15) is 9.90 Å². The molecule has 1 aliphatic carbocycles. The van der Waals surface area contributed by atoms with Crippen LogP contribution >= 0.6 is 0 Å². The monoisotopic (exact) mass is 270 g/mol. The number of carboxylic acid groups (broad SMARTS) is 1. The predicted octanol–water partition coefficient (Wildman–Crippen LogP) is 2.88. The summed E-state index contributed by atoms with van der Waals surface area (Å²) in [5.41, 5.74) is 1.43. The Balaban J connectivity index is 1.90. The van der Waals surface area contributed by atoms with E-state index in [0.717, 1.165) is 18.8 Å². The molecule has 3 rings (SSSR count). The minimum absolute atomic E-state index is 0.252. The lowest BCUT2D eigenvalue weighted by Crippen LogP contribution is -2.22. The highest BCUT2D eigenvalue weighted by Crippen LogP contribution is 2.39. The van der Waals surface area contributed by atoms with Crippen molar-refractivity contribution in [2.45, 2.75) is 25.7 Å². The molecule has 0 amide bonds. The summed E-state index contributed by atoms with van der Waals surface area (Å²) < 4.78 is 0. The Bertz CT molecular complexity index is 562.